The summed E-state index contributed by atoms with van der Waals surface area (Å²) in [6.45, 7) is 0. The van der Waals surface area contributed by atoms with Gasteiger partial charge in [-0.3, -0.25) is 0 Å². The Morgan fingerprint density at radius 3 is 0.800 bits per heavy atom. The van der Waals surface area contributed by atoms with Crippen molar-refractivity contribution in [2.45, 2.75) is 0 Å². The van der Waals surface area contributed by atoms with Crippen molar-refractivity contribution in [3.8, 4) is 0 Å². The molecule has 48 valence electrons. The third-order valence-electron chi connectivity index (χ3n) is 0. The van der Waals surface area contributed by atoms with Crippen LogP contribution in [0.1, 0.15) is 0 Å². The van der Waals surface area contributed by atoms with Crippen LogP contribution in [0.5, 0.6) is 0 Å². The molecule has 8 heteroatoms. The van der Waals surface area contributed by atoms with Gasteiger partial charge >= 0.3 is 68.5 Å². The summed E-state index contributed by atoms with van der Waals surface area (Å²) in [7, 11) is 0. The first kappa shape index (κ1) is 22.4. The Kier molecular flexibility index (Phi) is 36.8. The van der Waals surface area contributed by atoms with Gasteiger partial charge in [-0.2, -0.15) is 0 Å². The summed E-state index contributed by atoms with van der Waals surface area (Å²) in [4.78, 5) is 16.7. The predicted octanol–water partition coefficient (Wildman–Crippen LogP) is -5.66. The average Bonchev–Trinajstić information content (AvgIpc) is 1.25. The van der Waals surface area contributed by atoms with E-state index in [9.17, 15) is 0 Å². The minimum Gasteiger partial charge on any atom is -0.652 e. The molecule has 10 heavy (non-hydrogen) atoms. The van der Waals surface area contributed by atoms with Crippen molar-refractivity contribution in [3.63, 3.8) is 0 Å². The Morgan fingerprint density at radius 2 is 0.800 bits per heavy atom. The van der Waals surface area contributed by atoms with E-state index in [0.717, 1.165) is 0 Å². The summed E-state index contributed by atoms with van der Waals surface area (Å²) in [6, 6.07) is 0. The van der Waals surface area contributed by atoms with Crippen molar-refractivity contribution >= 4 is 80.8 Å². The topological polar surface area (TPSA) is 126 Å². The van der Waals surface area contributed by atoms with Crippen molar-refractivity contribution in [3.05, 3.63) is 0 Å². The van der Waals surface area contributed by atoms with Gasteiger partial charge in [0.15, 0.2) is 0 Å². The van der Waals surface area contributed by atoms with Crippen LogP contribution in [-0.4, -0.2) is 80.8 Å². The van der Waals surface area contributed by atoms with Crippen LogP contribution in [0.3, 0.4) is 0 Å². The van der Waals surface area contributed by atoms with Gasteiger partial charge in [0, 0.05) is 0 Å². The maximum atomic E-state index is 8.33. The molecule has 0 spiro atoms. The molecule has 0 saturated heterocycles. The molecular weight excluding hydrogens is 232 g/mol. The van der Waals surface area contributed by atoms with Gasteiger partial charge in [0.05, 0.1) is 0 Å². The molecule has 0 aliphatic rings. The Hall–Kier alpha value is 0.787. The fourth-order valence-electron chi connectivity index (χ4n) is 0. The molecular formula is C2MgO6Sr. The molecule has 0 atom stereocenters. The molecule has 0 aromatic heterocycles. The maximum absolute atomic E-state index is 8.33. The number of hydrogen-bond donors (Lipinski definition) is 0. The zero-order valence-corrected chi connectivity index (χ0v) is 9.75. The van der Waals surface area contributed by atoms with Gasteiger partial charge in [-0.25, -0.2) is 0 Å². The molecule has 0 aliphatic heterocycles. The molecule has 0 saturated carbocycles. The van der Waals surface area contributed by atoms with Gasteiger partial charge in [-0.15, -0.1) is 0 Å². The quantitative estimate of drug-likeness (QED) is 0.383. The summed E-state index contributed by atoms with van der Waals surface area (Å²) in [5.41, 5.74) is 0. The minimum absolute atomic E-state index is 0. The third kappa shape index (κ3) is 861. The number of carbonyl (C=O) groups excluding carboxylic acids is 2. The van der Waals surface area contributed by atoms with Gasteiger partial charge in [0.2, 0.25) is 0 Å². The van der Waals surface area contributed by atoms with Crippen molar-refractivity contribution in [2.24, 2.45) is 0 Å². The first-order chi connectivity index (χ1) is 3.46. The van der Waals surface area contributed by atoms with Crippen LogP contribution >= 0.6 is 0 Å². The van der Waals surface area contributed by atoms with E-state index >= 15 is 0 Å². The molecule has 0 radical (unpaired) electrons. The summed E-state index contributed by atoms with van der Waals surface area (Å²) in [5, 5.41) is 33.3. The molecule has 0 aliphatic carbocycles. The van der Waals surface area contributed by atoms with Crippen LogP contribution in [-0.2, 0) is 0 Å². The van der Waals surface area contributed by atoms with E-state index in [4.69, 9.17) is 30.0 Å². The van der Waals surface area contributed by atoms with Crippen LogP contribution < -0.4 is 20.4 Å². The van der Waals surface area contributed by atoms with E-state index in [1.165, 1.54) is 0 Å². The summed E-state index contributed by atoms with van der Waals surface area (Å²) in [5.74, 6) is 0. The molecule has 0 aromatic carbocycles. The molecule has 0 amide bonds. The predicted molar refractivity (Wildman–Crippen MR) is 22.3 cm³/mol. The fraction of sp³-hybridized carbons (Fsp3) is 0. The standard InChI is InChI=1S/2CH2O3.Mg.Sr/c2*2-1(3)4;;/h2*(H2,2,3,4);;/q;;2*+2/p-4. The number of carboxylic acid groups (broad SMARTS) is 4. The summed E-state index contributed by atoms with van der Waals surface area (Å²) < 4.78 is 0. The normalized spacial score (nSPS) is 4.80. The molecule has 0 heterocycles. The van der Waals surface area contributed by atoms with E-state index in [1.54, 1.807) is 0 Å². The average molecular weight is 232 g/mol. The summed E-state index contributed by atoms with van der Waals surface area (Å²) >= 11 is 0. The molecule has 0 unspecified atom stereocenters. The Labute approximate surface area is 109 Å². The molecule has 0 rings (SSSR count). The number of hydrogen-bond acceptors (Lipinski definition) is 6. The zero-order chi connectivity index (χ0) is 7.15. The second-order valence-corrected chi connectivity index (χ2v) is 0.500. The van der Waals surface area contributed by atoms with Crippen molar-refractivity contribution < 1.29 is 30.0 Å². The second kappa shape index (κ2) is 16.4. The zero-order valence-electron chi connectivity index (χ0n) is 4.86. The number of carbonyl (C=O) groups is 2. The van der Waals surface area contributed by atoms with Gasteiger partial charge in [0.25, 0.3) is 0 Å². The molecule has 0 N–H and O–H groups in total. The van der Waals surface area contributed by atoms with Crippen molar-refractivity contribution in [1.29, 1.82) is 0 Å². The fourth-order valence-corrected chi connectivity index (χ4v) is 0. The van der Waals surface area contributed by atoms with Crippen LogP contribution in [0, 0.1) is 0 Å². The Bertz CT molecular complexity index is 73.7. The SMILES string of the molecule is O=C([O-])[O-].O=C([O-])[O-].[Mg+2].[Sr+2]. The van der Waals surface area contributed by atoms with Crippen LogP contribution in [0.2, 0.25) is 0 Å². The van der Waals surface area contributed by atoms with Gasteiger partial charge in [-0.1, -0.05) is 0 Å². The largest absolute Gasteiger partial charge is 2.00 e. The second-order valence-electron chi connectivity index (χ2n) is 0.500. The first-order valence-electron chi connectivity index (χ1n) is 1.22. The van der Waals surface area contributed by atoms with E-state index in [0.29, 0.717) is 0 Å². The summed E-state index contributed by atoms with van der Waals surface area (Å²) in [6.07, 6.45) is -4.67. The van der Waals surface area contributed by atoms with Gasteiger partial charge in [-0.05, 0) is 12.3 Å². The number of rotatable bonds is 0. The molecule has 0 aromatic rings. The molecule has 6 nitrogen and oxygen atoms in total. The van der Waals surface area contributed by atoms with Crippen molar-refractivity contribution in [1.82, 2.24) is 0 Å². The van der Waals surface area contributed by atoms with Crippen LogP contribution in [0.15, 0.2) is 0 Å². The van der Waals surface area contributed by atoms with E-state index < -0.39 is 12.3 Å². The Balaban J connectivity index is -0.0000000300. The van der Waals surface area contributed by atoms with Crippen LogP contribution in [0.4, 0.5) is 9.59 Å². The van der Waals surface area contributed by atoms with Crippen LogP contribution in [0.25, 0.3) is 0 Å². The van der Waals surface area contributed by atoms with Gasteiger partial charge < -0.3 is 30.0 Å². The maximum Gasteiger partial charge on any atom is 2.00 e. The van der Waals surface area contributed by atoms with Crippen molar-refractivity contribution in [2.75, 3.05) is 0 Å². The molecule has 0 bridgehead atoms. The van der Waals surface area contributed by atoms with E-state index in [2.05, 4.69) is 0 Å². The third-order valence-corrected chi connectivity index (χ3v) is 0. The van der Waals surface area contributed by atoms with Gasteiger partial charge in [0.1, 0.15) is 0 Å². The van der Waals surface area contributed by atoms with E-state index in [-0.39, 0.29) is 68.5 Å². The molecule has 0 fully saturated rings. The monoisotopic (exact) mass is 232 g/mol. The van der Waals surface area contributed by atoms with E-state index in [1.807, 2.05) is 0 Å². The first-order valence-corrected chi connectivity index (χ1v) is 1.22. The Morgan fingerprint density at radius 1 is 0.800 bits per heavy atom. The smallest absolute Gasteiger partial charge is 0.652 e. The minimum atomic E-state index is -2.33.